The second-order valence-electron chi connectivity index (χ2n) is 5.56. The van der Waals surface area contributed by atoms with Crippen LogP contribution in [0.25, 0.3) is 0 Å². The molecule has 28 heavy (non-hydrogen) atoms. The van der Waals surface area contributed by atoms with E-state index in [1.165, 1.54) is 12.1 Å². The van der Waals surface area contributed by atoms with Crippen LogP contribution in [0.4, 0.5) is 0 Å². The highest BCUT2D eigenvalue weighted by atomic mass is 79.9. The van der Waals surface area contributed by atoms with E-state index in [2.05, 4.69) is 63.7 Å². The zero-order valence-corrected chi connectivity index (χ0v) is 20.5. The van der Waals surface area contributed by atoms with Crippen molar-refractivity contribution in [2.45, 2.75) is 18.9 Å². The maximum atomic E-state index is 11.5. The summed E-state index contributed by atoms with van der Waals surface area (Å²) in [7, 11) is 0. The Labute approximate surface area is 194 Å². The van der Waals surface area contributed by atoms with Crippen LogP contribution in [0.3, 0.4) is 0 Å². The number of carboxylic acids is 2. The number of benzene rings is 2. The van der Waals surface area contributed by atoms with E-state index < -0.39 is 18.0 Å². The highest BCUT2D eigenvalue weighted by molar-refractivity contribution is 9.11. The highest BCUT2D eigenvalue weighted by Gasteiger charge is 2.22. The second kappa shape index (κ2) is 10.6. The van der Waals surface area contributed by atoms with Crippen LogP contribution in [0.2, 0.25) is 0 Å². The summed E-state index contributed by atoms with van der Waals surface area (Å²) in [6.45, 7) is 0.230. The molecule has 2 aromatic carbocycles. The number of halogens is 4. The third-order valence-electron chi connectivity index (χ3n) is 3.56. The number of ether oxygens (including phenoxy) is 2. The Balaban J connectivity index is 1.97. The minimum atomic E-state index is -1.07. The van der Waals surface area contributed by atoms with E-state index in [4.69, 9.17) is 14.6 Å². The Kier molecular flexibility index (Phi) is 8.79. The van der Waals surface area contributed by atoms with Crippen molar-refractivity contribution in [3.05, 3.63) is 53.8 Å². The number of aliphatic carboxylic acids is 1. The predicted molar refractivity (Wildman–Crippen MR) is 117 cm³/mol. The molecule has 0 aliphatic rings. The summed E-state index contributed by atoms with van der Waals surface area (Å²) in [6, 6.07) is 8.21. The van der Waals surface area contributed by atoms with Crippen molar-refractivity contribution < 1.29 is 29.3 Å². The molecular weight excluding hydrogens is 632 g/mol. The van der Waals surface area contributed by atoms with E-state index >= 15 is 0 Å². The Bertz CT molecular complexity index is 843. The fraction of sp³-hybridized carbons (Fsp3) is 0.222. The Hall–Kier alpha value is -1.10. The van der Waals surface area contributed by atoms with E-state index in [0.29, 0.717) is 35.8 Å². The summed E-state index contributed by atoms with van der Waals surface area (Å²) in [5.41, 5.74) is 0.115. The van der Waals surface area contributed by atoms with Gasteiger partial charge in [-0.1, -0.05) is 6.07 Å². The number of para-hydroxylation sites is 1. The molecule has 0 spiro atoms. The van der Waals surface area contributed by atoms with Crippen molar-refractivity contribution >= 4 is 75.7 Å². The van der Waals surface area contributed by atoms with E-state index in [0.717, 1.165) is 0 Å². The van der Waals surface area contributed by atoms with Gasteiger partial charge in [-0.25, -0.2) is 9.59 Å². The predicted octanol–water partition coefficient (Wildman–Crippen LogP) is 6.13. The molecular formula is C18H14Br4O6. The molecule has 0 amide bonds. The van der Waals surface area contributed by atoms with Gasteiger partial charge in [-0.05, 0) is 101 Å². The van der Waals surface area contributed by atoms with Crippen LogP contribution in [-0.2, 0) is 4.79 Å². The minimum Gasteiger partial charge on any atom is -0.491 e. The lowest BCUT2D eigenvalue weighted by atomic mass is 10.2. The fourth-order valence-electron chi connectivity index (χ4n) is 2.23. The summed E-state index contributed by atoms with van der Waals surface area (Å²) < 4.78 is 13.6. The average molecular weight is 646 g/mol. The Morgan fingerprint density at radius 3 is 2.00 bits per heavy atom. The van der Waals surface area contributed by atoms with Gasteiger partial charge in [0.2, 0.25) is 0 Å². The summed E-state index contributed by atoms with van der Waals surface area (Å²) in [5, 5.41) is 18.5. The summed E-state index contributed by atoms with van der Waals surface area (Å²) in [4.78, 5) is 22.6. The molecule has 0 aliphatic heterocycles. The number of carbonyl (C=O) groups is 2. The third-order valence-corrected chi connectivity index (χ3v) is 5.98. The van der Waals surface area contributed by atoms with E-state index in [1.807, 2.05) is 0 Å². The minimum absolute atomic E-state index is 0.115. The molecule has 0 radical (unpaired) electrons. The maximum Gasteiger partial charge on any atom is 0.344 e. The first-order valence-electron chi connectivity index (χ1n) is 7.89. The first-order chi connectivity index (χ1) is 13.2. The van der Waals surface area contributed by atoms with Gasteiger partial charge in [0.25, 0.3) is 0 Å². The summed E-state index contributed by atoms with van der Waals surface area (Å²) in [5.74, 6) is -1.25. The van der Waals surface area contributed by atoms with Crippen LogP contribution >= 0.6 is 63.7 Å². The van der Waals surface area contributed by atoms with Gasteiger partial charge >= 0.3 is 11.9 Å². The zero-order chi connectivity index (χ0) is 20.8. The summed E-state index contributed by atoms with van der Waals surface area (Å²) >= 11 is 13.3. The van der Waals surface area contributed by atoms with Gasteiger partial charge < -0.3 is 19.7 Å². The lowest BCUT2D eigenvalue weighted by molar-refractivity contribution is -0.145. The van der Waals surface area contributed by atoms with Crippen LogP contribution in [0.5, 0.6) is 11.5 Å². The van der Waals surface area contributed by atoms with Gasteiger partial charge in [0.05, 0.1) is 30.1 Å². The molecule has 0 saturated heterocycles. The van der Waals surface area contributed by atoms with Crippen molar-refractivity contribution in [2.75, 3.05) is 6.61 Å². The average Bonchev–Trinajstić information content (AvgIpc) is 2.61. The van der Waals surface area contributed by atoms with Gasteiger partial charge in [-0.15, -0.1) is 0 Å². The fourth-order valence-corrected chi connectivity index (χ4v) is 4.84. The lowest BCUT2D eigenvalue weighted by Gasteiger charge is -2.18. The molecule has 1 atom stereocenters. The van der Waals surface area contributed by atoms with E-state index in [1.54, 1.807) is 18.2 Å². The monoisotopic (exact) mass is 642 g/mol. The number of rotatable bonds is 9. The lowest BCUT2D eigenvalue weighted by Crippen LogP contribution is -2.27. The molecule has 0 aromatic heterocycles. The van der Waals surface area contributed by atoms with Gasteiger partial charge in [0.15, 0.2) is 6.10 Å². The molecule has 1 unspecified atom stereocenters. The van der Waals surface area contributed by atoms with Crippen LogP contribution in [0, 0.1) is 0 Å². The number of hydrogen-bond acceptors (Lipinski definition) is 4. The van der Waals surface area contributed by atoms with Gasteiger partial charge in [-0.3, -0.25) is 0 Å². The molecule has 0 aliphatic carbocycles. The molecule has 2 rings (SSSR count). The first kappa shape index (κ1) is 23.2. The van der Waals surface area contributed by atoms with Crippen LogP contribution < -0.4 is 9.47 Å². The molecule has 150 valence electrons. The summed E-state index contributed by atoms with van der Waals surface area (Å²) in [6.07, 6.45) is -0.399. The molecule has 0 heterocycles. The largest absolute Gasteiger partial charge is 0.491 e. The molecule has 0 saturated carbocycles. The molecule has 6 nitrogen and oxygen atoms in total. The van der Waals surface area contributed by atoms with Crippen LogP contribution in [0.15, 0.2) is 48.2 Å². The van der Waals surface area contributed by atoms with Crippen molar-refractivity contribution in [1.29, 1.82) is 0 Å². The van der Waals surface area contributed by atoms with Gasteiger partial charge in [-0.2, -0.15) is 0 Å². The molecule has 0 fully saturated rings. The first-order valence-corrected chi connectivity index (χ1v) is 11.1. The Morgan fingerprint density at radius 2 is 1.50 bits per heavy atom. The highest BCUT2D eigenvalue weighted by Crippen LogP contribution is 2.36. The quantitative estimate of drug-likeness (QED) is 0.319. The van der Waals surface area contributed by atoms with E-state index in [9.17, 15) is 14.7 Å². The zero-order valence-electron chi connectivity index (χ0n) is 14.1. The third kappa shape index (κ3) is 6.20. The van der Waals surface area contributed by atoms with Crippen molar-refractivity contribution in [3.8, 4) is 11.5 Å². The molecule has 0 bridgehead atoms. The SMILES string of the molecule is O=C(O)c1cc(Br)c(OCCCC(Oc2c(Br)cccc2Br)C(=O)O)c(Br)c1. The number of carboxylic acid groups (broad SMARTS) is 2. The molecule has 2 N–H and O–H groups in total. The maximum absolute atomic E-state index is 11.5. The van der Waals surface area contributed by atoms with Crippen molar-refractivity contribution in [3.63, 3.8) is 0 Å². The second-order valence-corrected chi connectivity index (χ2v) is 8.98. The normalized spacial score (nSPS) is 11.7. The topological polar surface area (TPSA) is 93.1 Å². The van der Waals surface area contributed by atoms with Gasteiger partial charge in [0.1, 0.15) is 11.5 Å². The van der Waals surface area contributed by atoms with Crippen LogP contribution in [0.1, 0.15) is 23.2 Å². The van der Waals surface area contributed by atoms with Crippen molar-refractivity contribution in [1.82, 2.24) is 0 Å². The Morgan fingerprint density at radius 1 is 0.929 bits per heavy atom. The number of aromatic carboxylic acids is 1. The molecule has 10 heteroatoms. The van der Waals surface area contributed by atoms with Crippen LogP contribution in [-0.4, -0.2) is 34.9 Å². The number of hydrogen-bond donors (Lipinski definition) is 2. The van der Waals surface area contributed by atoms with E-state index in [-0.39, 0.29) is 18.6 Å². The smallest absolute Gasteiger partial charge is 0.344 e. The van der Waals surface area contributed by atoms with Crippen molar-refractivity contribution in [2.24, 2.45) is 0 Å². The standard InChI is InChI=1S/C18H14Br4O6/c19-10-3-1-4-11(20)16(10)28-14(18(25)26)5-2-6-27-15-12(21)7-9(17(23)24)8-13(15)22/h1,3-4,7-8,14H,2,5-6H2,(H,23,24)(H,25,26). The van der Waals surface area contributed by atoms with Gasteiger partial charge in [0, 0.05) is 0 Å². The molecule has 2 aromatic rings.